The van der Waals surface area contributed by atoms with Crippen molar-refractivity contribution in [1.29, 1.82) is 0 Å². The number of pyridine rings is 1. The average molecular weight is 325 g/mol. The van der Waals surface area contributed by atoms with Crippen molar-refractivity contribution in [2.75, 3.05) is 5.73 Å². The van der Waals surface area contributed by atoms with Crippen LogP contribution in [0.1, 0.15) is 0 Å². The Kier molecular flexibility index (Phi) is 3.09. The van der Waals surface area contributed by atoms with Crippen LogP contribution < -0.4 is 5.73 Å². The van der Waals surface area contributed by atoms with Crippen molar-refractivity contribution in [3.8, 4) is 22.5 Å². The molecule has 7 heteroatoms. The van der Waals surface area contributed by atoms with E-state index in [0.29, 0.717) is 11.3 Å². The van der Waals surface area contributed by atoms with Gasteiger partial charge in [0.15, 0.2) is 5.82 Å². The van der Waals surface area contributed by atoms with Crippen molar-refractivity contribution in [3.63, 3.8) is 0 Å². The molecule has 0 saturated carbocycles. The van der Waals surface area contributed by atoms with Crippen LogP contribution in [0, 0.1) is 11.6 Å². The summed E-state index contributed by atoms with van der Waals surface area (Å²) < 4.78 is 31.7. The summed E-state index contributed by atoms with van der Waals surface area (Å²) in [5, 5.41) is 4.33. The van der Waals surface area contributed by atoms with Crippen LogP contribution in [0.15, 0.2) is 49.1 Å². The highest BCUT2D eigenvalue weighted by Crippen LogP contribution is 2.31. The van der Waals surface area contributed by atoms with Crippen LogP contribution in [-0.4, -0.2) is 19.2 Å². The van der Waals surface area contributed by atoms with Crippen LogP contribution in [0.2, 0.25) is 0 Å². The number of nitrogens with two attached hydrogens (primary N) is 1. The first-order valence-corrected chi connectivity index (χ1v) is 7.25. The van der Waals surface area contributed by atoms with Gasteiger partial charge in [-0.05, 0) is 24.3 Å². The number of hydrogen-bond acceptors (Lipinski definition) is 3. The van der Waals surface area contributed by atoms with Gasteiger partial charge >= 0.3 is 0 Å². The summed E-state index contributed by atoms with van der Waals surface area (Å²) in [4.78, 5) is 4.35. The van der Waals surface area contributed by atoms with Crippen LogP contribution in [0.4, 0.5) is 14.5 Å². The standard InChI is InChI=1S/C17H13F2N5/c1-23-7-6-13(22-23)17-14-5-2-10(8-24(14)9-21-17)15-11(18)3-4-12(20)16(15)19/h2-9H,20H2,1H3. The molecule has 3 heterocycles. The Hall–Kier alpha value is -3.22. The van der Waals surface area contributed by atoms with Gasteiger partial charge < -0.3 is 10.1 Å². The predicted molar refractivity (Wildman–Crippen MR) is 87.2 cm³/mol. The van der Waals surface area contributed by atoms with Crippen LogP contribution in [0.3, 0.4) is 0 Å². The third-order valence-electron chi connectivity index (χ3n) is 3.90. The van der Waals surface area contributed by atoms with Gasteiger partial charge in [0.1, 0.15) is 23.5 Å². The quantitative estimate of drug-likeness (QED) is 0.575. The number of nitrogens with zero attached hydrogens (tertiary/aromatic N) is 4. The van der Waals surface area contributed by atoms with E-state index in [9.17, 15) is 8.78 Å². The van der Waals surface area contributed by atoms with Gasteiger partial charge in [0, 0.05) is 25.0 Å². The van der Waals surface area contributed by atoms with E-state index < -0.39 is 11.6 Å². The number of aryl methyl sites for hydroxylation is 1. The van der Waals surface area contributed by atoms with Gasteiger partial charge in [-0.3, -0.25) is 4.68 Å². The fraction of sp³-hybridized carbons (Fsp3) is 0.0588. The first-order chi connectivity index (χ1) is 11.5. The summed E-state index contributed by atoms with van der Waals surface area (Å²) in [5.41, 5.74) is 7.92. The zero-order valence-electron chi connectivity index (χ0n) is 12.7. The van der Waals surface area contributed by atoms with E-state index in [0.717, 1.165) is 17.3 Å². The van der Waals surface area contributed by atoms with Crippen LogP contribution in [-0.2, 0) is 7.05 Å². The number of halogens is 2. The number of aromatic nitrogens is 4. The molecular formula is C17H13F2N5. The lowest BCUT2D eigenvalue weighted by Gasteiger charge is -2.08. The van der Waals surface area contributed by atoms with Crippen molar-refractivity contribution in [2.45, 2.75) is 0 Å². The second-order valence-electron chi connectivity index (χ2n) is 5.50. The van der Waals surface area contributed by atoms with E-state index in [4.69, 9.17) is 5.73 Å². The van der Waals surface area contributed by atoms with Crippen molar-refractivity contribution >= 4 is 11.2 Å². The zero-order valence-corrected chi connectivity index (χ0v) is 12.7. The monoisotopic (exact) mass is 325 g/mol. The lowest BCUT2D eigenvalue weighted by atomic mass is 10.0. The molecule has 0 aliphatic rings. The molecule has 1 aromatic carbocycles. The highest BCUT2D eigenvalue weighted by molar-refractivity contribution is 5.77. The van der Waals surface area contributed by atoms with E-state index in [1.807, 2.05) is 19.3 Å². The van der Waals surface area contributed by atoms with Gasteiger partial charge in [0.25, 0.3) is 0 Å². The van der Waals surface area contributed by atoms with E-state index >= 15 is 0 Å². The van der Waals surface area contributed by atoms with Crippen molar-refractivity contribution < 1.29 is 8.78 Å². The maximum absolute atomic E-state index is 14.2. The molecule has 5 nitrogen and oxygen atoms in total. The predicted octanol–water partition coefficient (Wildman–Crippen LogP) is 3.26. The molecule has 0 aliphatic heterocycles. The number of imidazole rings is 1. The molecule has 0 spiro atoms. The maximum atomic E-state index is 14.2. The number of anilines is 1. The molecule has 24 heavy (non-hydrogen) atoms. The van der Waals surface area contributed by atoms with Crippen molar-refractivity contribution in [3.05, 3.63) is 60.7 Å². The molecule has 0 amide bonds. The highest BCUT2D eigenvalue weighted by Gasteiger charge is 2.16. The smallest absolute Gasteiger partial charge is 0.156 e. The Morgan fingerprint density at radius 2 is 1.92 bits per heavy atom. The van der Waals surface area contributed by atoms with Crippen molar-refractivity contribution in [1.82, 2.24) is 19.2 Å². The van der Waals surface area contributed by atoms with Gasteiger partial charge in [-0.2, -0.15) is 5.10 Å². The first-order valence-electron chi connectivity index (χ1n) is 7.25. The first kappa shape index (κ1) is 14.4. The molecule has 2 N–H and O–H groups in total. The Morgan fingerprint density at radius 3 is 2.67 bits per heavy atom. The van der Waals surface area contributed by atoms with Crippen LogP contribution in [0.5, 0.6) is 0 Å². The molecular weight excluding hydrogens is 312 g/mol. The summed E-state index contributed by atoms with van der Waals surface area (Å²) in [6, 6.07) is 7.63. The summed E-state index contributed by atoms with van der Waals surface area (Å²) >= 11 is 0. The Balaban J connectivity index is 1.88. The third kappa shape index (κ3) is 2.13. The largest absolute Gasteiger partial charge is 0.396 e. The minimum Gasteiger partial charge on any atom is -0.396 e. The molecule has 0 radical (unpaired) electrons. The minimum absolute atomic E-state index is 0.0914. The summed E-state index contributed by atoms with van der Waals surface area (Å²) in [7, 11) is 1.82. The zero-order chi connectivity index (χ0) is 16.8. The Labute approximate surface area is 136 Å². The van der Waals surface area contributed by atoms with Gasteiger partial charge in [0.2, 0.25) is 0 Å². The second kappa shape index (κ2) is 5.16. The number of nitrogen functional groups attached to an aromatic ring is 1. The van der Waals surface area contributed by atoms with E-state index in [1.54, 1.807) is 33.7 Å². The third-order valence-corrected chi connectivity index (χ3v) is 3.90. The minimum atomic E-state index is -0.764. The average Bonchev–Trinajstić information content (AvgIpc) is 3.17. The molecule has 4 aromatic rings. The lowest BCUT2D eigenvalue weighted by molar-refractivity contribution is 0.592. The molecule has 3 aromatic heterocycles. The lowest BCUT2D eigenvalue weighted by Crippen LogP contribution is -1.97. The fourth-order valence-corrected chi connectivity index (χ4v) is 2.72. The summed E-state index contributed by atoms with van der Waals surface area (Å²) in [6.45, 7) is 0. The summed E-state index contributed by atoms with van der Waals surface area (Å²) in [5.74, 6) is -1.43. The van der Waals surface area contributed by atoms with E-state index in [-0.39, 0.29) is 11.3 Å². The van der Waals surface area contributed by atoms with Gasteiger partial charge in [-0.15, -0.1) is 0 Å². The molecule has 0 atom stereocenters. The number of rotatable bonds is 2. The molecule has 0 fully saturated rings. The SMILES string of the molecule is Cn1ccc(-c2ncn3cc(-c4c(F)ccc(N)c4F)ccc23)n1. The van der Waals surface area contributed by atoms with E-state index in [2.05, 4.69) is 10.1 Å². The molecule has 0 saturated heterocycles. The van der Waals surface area contributed by atoms with Crippen LogP contribution in [0.25, 0.3) is 28.0 Å². The van der Waals surface area contributed by atoms with E-state index in [1.165, 1.54) is 6.07 Å². The van der Waals surface area contributed by atoms with Crippen molar-refractivity contribution in [2.24, 2.45) is 7.05 Å². The maximum Gasteiger partial charge on any atom is 0.156 e. The molecule has 0 unspecified atom stereocenters. The van der Waals surface area contributed by atoms with Gasteiger partial charge in [0.05, 0.1) is 16.8 Å². The molecule has 4 rings (SSSR count). The second-order valence-corrected chi connectivity index (χ2v) is 5.50. The molecule has 0 aliphatic carbocycles. The summed E-state index contributed by atoms with van der Waals surface area (Å²) in [6.07, 6.45) is 5.03. The Bertz CT molecular complexity index is 1060. The van der Waals surface area contributed by atoms with Gasteiger partial charge in [-0.1, -0.05) is 6.07 Å². The molecule has 0 bridgehead atoms. The highest BCUT2D eigenvalue weighted by atomic mass is 19.1. The number of benzene rings is 1. The van der Waals surface area contributed by atoms with Gasteiger partial charge in [-0.25, -0.2) is 13.8 Å². The normalized spacial score (nSPS) is 11.3. The number of hydrogen-bond donors (Lipinski definition) is 1. The fourth-order valence-electron chi connectivity index (χ4n) is 2.72. The molecule has 120 valence electrons. The Morgan fingerprint density at radius 1 is 1.08 bits per heavy atom. The van der Waals surface area contributed by atoms with Crippen LogP contribution >= 0.6 is 0 Å². The number of fused-ring (bicyclic) bond motifs is 1. The topological polar surface area (TPSA) is 61.1 Å².